The number of nitrogens with one attached hydrogen (secondary N) is 1. The van der Waals surface area contributed by atoms with Gasteiger partial charge in [0.2, 0.25) is 0 Å². The van der Waals surface area contributed by atoms with Gasteiger partial charge < -0.3 is 10.2 Å². The highest BCUT2D eigenvalue weighted by molar-refractivity contribution is 5.76. The molecular formula is C11H11F3N2O. The molecule has 0 unspecified atom stereocenters. The van der Waals surface area contributed by atoms with E-state index in [0.717, 1.165) is 6.07 Å². The Morgan fingerprint density at radius 1 is 1.29 bits per heavy atom. The average molecular weight is 244 g/mol. The first-order chi connectivity index (χ1) is 7.98. The van der Waals surface area contributed by atoms with E-state index in [1.807, 2.05) is 0 Å². The lowest BCUT2D eigenvalue weighted by atomic mass is 10.1. The minimum Gasteiger partial charge on any atom is -0.336 e. The second-order valence-electron chi connectivity index (χ2n) is 3.81. The summed E-state index contributed by atoms with van der Waals surface area (Å²) in [6.45, 7) is 0.902. The van der Waals surface area contributed by atoms with Gasteiger partial charge >= 0.3 is 12.2 Å². The fraction of sp³-hybridized carbons (Fsp3) is 0.364. The predicted molar refractivity (Wildman–Crippen MR) is 55.3 cm³/mol. The van der Waals surface area contributed by atoms with Gasteiger partial charge in [-0.1, -0.05) is 18.2 Å². The van der Waals surface area contributed by atoms with Crippen molar-refractivity contribution in [1.29, 1.82) is 0 Å². The Bertz CT molecular complexity index is 431. The van der Waals surface area contributed by atoms with Crippen molar-refractivity contribution in [3.8, 4) is 0 Å². The number of halogens is 3. The molecule has 2 rings (SSSR count). The van der Waals surface area contributed by atoms with Crippen molar-refractivity contribution in [2.75, 3.05) is 13.1 Å². The average Bonchev–Trinajstić information content (AvgIpc) is 2.64. The molecule has 1 N–H and O–H groups in total. The van der Waals surface area contributed by atoms with Gasteiger partial charge in [0, 0.05) is 19.6 Å². The van der Waals surface area contributed by atoms with Gasteiger partial charge in [0.15, 0.2) is 0 Å². The topological polar surface area (TPSA) is 32.3 Å². The molecule has 17 heavy (non-hydrogen) atoms. The normalized spacial score (nSPS) is 16.2. The maximum Gasteiger partial charge on any atom is 0.416 e. The third kappa shape index (κ3) is 2.51. The van der Waals surface area contributed by atoms with Gasteiger partial charge in [-0.3, -0.25) is 0 Å². The number of carbonyl (C=O) groups excluding carboxylic acids is 1. The molecule has 0 saturated carbocycles. The number of carbonyl (C=O) groups is 1. The van der Waals surface area contributed by atoms with E-state index in [1.165, 1.54) is 17.0 Å². The molecule has 0 aliphatic carbocycles. The Morgan fingerprint density at radius 3 is 2.59 bits per heavy atom. The number of benzene rings is 1. The Balaban J connectivity index is 2.23. The van der Waals surface area contributed by atoms with Crippen molar-refractivity contribution < 1.29 is 18.0 Å². The van der Waals surface area contributed by atoms with E-state index in [9.17, 15) is 18.0 Å². The Morgan fingerprint density at radius 2 is 2.00 bits per heavy atom. The predicted octanol–water partition coefficient (Wildman–Crippen LogP) is 2.23. The fourth-order valence-corrected chi connectivity index (χ4v) is 1.80. The van der Waals surface area contributed by atoms with Crippen LogP contribution in [-0.4, -0.2) is 24.0 Å². The van der Waals surface area contributed by atoms with Gasteiger partial charge in [0.1, 0.15) is 0 Å². The SMILES string of the molecule is O=C1NCCN1Cc1ccccc1C(F)(F)F. The highest BCUT2D eigenvalue weighted by atomic mass is 19.4. The molecule has 1 heterocycles. The van der Waals surface area contributed by atoms with Gasteiger partial charge in [-0.15, -0.1) is 0 Å². The lowest BCUT2D eigenvalue weighted by Gasteiger charge is -2.18. The molecule has 92 valence electrons. The van der Waals surface area contributed by atoms with Crippen LogP contribution in [0.25, 0.3) is 0 Å². The summed E-state index contributed by atoms with van der Waals surface area (Å²) in [7, 11) is 0. The van der Waals surface area contributed by atoms with Crippen LogP contribution in [0.2, 0.25) is 0 Å². The largest absolute Gasteiger partial charge is 0.416 e. The first-order valence-electron chi connectivity index (χ1n) is 5.16. The third-order valence-corrected chi connectivity index (χ3v) is 2.63. The lowest BCUT2D eigenvalue weighted by Crippen LogP contribution is -2.28. The number of nitrogens with zero attached hydrogens (tertiary/aromatic N) is 1. The van der Waals surface area contributed by atoms with Crippen molar-refractivity contribution in [2.45, 2.75) is 12.7 Å². The fourth-order valence-electron chi connectivity index (χ4n) is 1.80. The zero-order valence-electron chi connectivity index (χ0n) is 8.92. The first kappa shape index (κ1) is 11.8. The summed E-state index contributed by atoms with van der Waals surface area (Å²) < 4.78 is 38.1. The minimum atomic E-state index is -4.38. The molecule has 3 nitrogen and oxygen atoms in total. The second-order valence-corrected chi connectivity index (χ2v) is 3.81. The zero-order chi connectivity index (χ0) is 12.5. The highest BCUT2D eigenvalue weighted by Gasteiger charge is 2.34. The van der Waals surface area contributed by atoms with E-state index in [4.69, 9.17) is 0 Å². The van der Waals surface area contributed by atoms with E-state index in [1.54, 1.807) is 6.07 Å². The van der Waals surface area contributed by atoms with Crippen LogP contribution in [0.4, 0.5) is 18.0 Å². The van der Waals surface area contributed by atoms with Crippen LogP contribution in [0.5, 0.6) is 0 Å². The summed E-state index contributed by atoms with van der Waals surface area (Å²) in [4.78, 5) is 12.6. The van der Waals surface area contributed by atoms with Crippen molar-refractivity contribution in [3.05, 3.63) is 35.4 Å². The minimum absolute atomic E-state index is 0.0124. The lowest BCUT2D eigenvalue weighted by molar-refractivity contribution is -0.138. The summed E-state index contributed by atoms with van der Waals surface area (Å²) in [5.41, 5.74) is -0.559. The summed E-state index contributed by atoms with van der Waals surface area (Å²) in [6, 6.07) is 4.99. The van der Waals surface area contributed by atoms with E-state index in [-0.39, 0.29) is 18.1 Å². The van der Waals surface area contributed by atoms with E-state index >= 15 is 0 Å². The smallest absolute Gasteiger partial charge is 0.336 e. The number of amides is 2. The molecule has 2 amide bonds. The van der Waals surface area contributed by atoms with Crippen molar-refractivity contribution in [2.24, 2.45) is 0 Å². The Hall–Kier alpha value is -1.72. The molecule has 1 aliphatic heterocycles. The number of alkyl halides is 3. The van der Waals surface area contributed by atoms with Gasteiger partial charge in [0.25, 0.3) is 0 Å². The molecule has 0 aromatic heterocycles. The molecule has 0 bridgehead atoms. The maximum absolute atomic E-state index is 12.7. The first-order valence-corrected chi connectivity index (χ1v) is 5.16. The van der Waals surface area contributed by atoms with Crippen LogP contribution in [0.15, 0.2) is 24.3 Å². The number of hydrogen-bond acceptors (Lipinski definition) is 1. The van der Waals surface area contributed by atoms with E-state index < -0.39 is 11.7 Å². The van der Waals surface area contributed by atoms with Crippen molar-refractivity contribution in [3.63, 3.8) is 0 Å². The number of hydrogen-bond donors (Lipinski definition) is 1. The monoisotopic (exact) mass is 244 g/mol. The summed E-state index contributed by atoms with van der Waals surface area (Å²) in [5.74, 6) is 0. The summed E-state index contributed by atoms with van der Waals surface area (Å²) >= 11 is 0. The van der Waals surface area contributed by atoms with Crippen LogP contribution < -0.4 is 5.32 Å². The van der Waals surface area contributed by atoms with Crippen LogP contribution in [-0.2, 0) is 12.7 Å². The van der Waals surface area contributed by atoms with Crippen molar-refractivity contribution in [1.82, 2.24) is 10.2 Å². The van der Waals surface area contributed by atoms with Crippen LogP contribution >= 0.6 is 0 Å². The van der Waals surface area contributed by atoms with Gasteiger partial charge in [0.05, 0.1) is 5.56 Å². The number of urea groups is 1. The molecule has 0 spiro atoms. The number of rotatable bonds is 2. The van der Waals surface area contributed by atoms with Gasteiger partial charge in [-0.2, -0.15) is 13.2 Å². The standard InChI is InChI=1S/C11H11F3N2O/c12-11(13,14)9-4-2-1-3-8(9)7-16-6-5-15-10(16)17/h1-4H,5-7H2,(H,15,17). The molecular weight excluding hydrogens is 233 g/mol. The molecule has 0 atom stereocenters. The van der Waals surface area contributed by atoms with Gasteiger partial charge in [-0.05, 0) is 11.6 Å². The molecule has 1 saturated heterocycles. The Kier molecular flexibility index (Phi) is 2.95. The second kappa shape index (κ2) is 4.27. The zero-order valence-corrected chi connectivity index (χ0v) is 8.92. The van der Waals surface area contributed by atoms with E-state index in [2.05, 4.69) is 5.32 Å². The molecule has 0 radical (unpaired) electrons. The Labute approximate surface area is 96.2 Å². The van der Waals surface area contributed by atoms with E-state index in [0.29, 0.717) is 13.1 Å². The van der Waals surface area contributed by atoms with Crippen LogP contribution in [0, 0.1) is 0 Å². The molecule has 1 fully saturated rings. The van der Waals surface area contributed by atoms with Gasteiger partial charge in [-0.25, -0.2) is 4.79 Å². The third-order valence-electron chi connectivity index (χ3n) is 2.63. The molecule has 1 aliphatic rings. The molecule has 6 heteroatoms. The van der Waals surface area contributed by atoms with Crippen LogP contribution in [0.3, 0.4) is 0 Å². The maximum atomic E-state index is 12.7. The summed E-state index contributed by atoms with van der Waals surface area (Å²) in [5, 5.41) is 2.55. The quantitative estimate of drug-likeness (QED) is 0.850. The highest BCUT2D eigenvalue weighted by Crippen LogP contribution is 2.32. The molecule has 1 aromatic carbocycles. The molecule has 1 aromatic rings. The van der Waals surface area contributed by atoms with Crippen molar-refractivity contribution >= 4 is 6.03 Å². The van der Waals surface area contributed by atoms with Crippen LogP contribution in [0.1, 0.15) is 11.1 Å². The summed E-state index contributed by atoms with van der Waals surface area (Å²) in [6.07, 6.45) is -4.38.